The van der Waals surface area contributed by atoms with Crippen LogP contribution < -0.4 is 0 Å². The summed E-state index contributed by atoms with van der Waals surface area (Å²) in [5.74, 6) is -4.56. The molecule has 0 bridgehead atoms. The van der Waals surface area contributed by atoms with E-state index in [1.165, 1.54) is 9.80 Å². The van der Waals surface area contributed by atoms with Crippen molar-refractivity contribution in [3.63, 3.8) is 0 Å². The number of nitrogens with zero attached hydrogens (tertiary/aromatic N) is 4. The van der Waals surface area contributed by atoms with Gasteiger partial charge in [-0.3, -0.25) is 9.69 Å². The van der Waals surface area contributed by atoms with Crippen molar-refractivity contribution in [2.45, 2.75) is 121 Å². The molecule has 2 atom stereocenters. The smallest absolute Gasteiger partial charge is 0.410 e. The van der Waals surface area contributed by atoms with Crippen molar-refractivity contribution < 1.29 is 45.9 Å². The van der Waals surface area contributed by atoms with E-state index in [4.69, 9.17) is 9.26 Å². The highest BCUT2D eigenvalue weighted by atomic mass is 19.4. The zero-order valence-corrected chi connectivity index (χ0v) is 24.1. The maximum atomic E-state index is 14.6. The highest BCUT2D eigenvalue weighted by Crippen LogP contribution is 2.49. The number of halogens is 5. The van der Waals surface area contributed by atoms with Gasteiger partial charge >= 0.3 is 12.3 Å². The predicted molar refractivity (Wildman–Crippen MR) is 135 cm³/mol. The molecule has 1 aromatic heterocycles. The zero-order chi connectivity index (χ0) is 30.6. The van der Waals surface area contributed by atoms with Crippen LogP contribution in [-0.4, -0.2) is 86.5 Å². The Hall–Kier alpha value is -2.51. The van der Waals surface area contributed by atoms with Gasteiger partial charge in [-0.05, 0) is 46.5 Å². The van der Waals surface area contributed by atoms with Crippen LogP contribution in [0.3, 0.4) is 0 Å². The lowest BCUT2D eigenvalue weighted by atomic mass is 9.76. The molecule has 0 radical (unpaired) electrons. The maximum absolute atomic E-state index is 14.6. The van der Waals surface area contributed by atoms with Gasteiger partial charge in [-0.2, -0.15) is 18.2 Å². The summed E-state index contributed by atoms with van der Waals surface area (Å²) in [6, 6.07) is -1.10. The second-order valence-electron chi connectivity index (χ2n) is 13.4. The molecule has 41 heavy (non-hydrogen) atoms. The fraction of sp³-hybridized carbons (Fsp3) is 0.852. The van der Waals surface area contributed by atoms with Gasteiger partial charge in [0, 0.05) is 50.2 Å². The fourth-order valence-corrected chi connectivity index (χ4v) is 5.89. The second-order valence-corrected chi connectivity index (χ2v) is 13.4. The molecule has 232 valence electrons. The van der Waals surface area contributed by atoms with Gasteiger partial charge in [0.1, 0.15) is 17.1 Å². The molecule has 0 spiro atoms. The standard InChI is InChI=1S/C27H39F5N4O5/c1-23(2,3)40-22(39)36-15-24(4,5)18(37)14-17(36)20(38)35-12-10-25(11-13-35,27(30,31)32)21-33-19(41-34-21)16-6-8-26(28,29)9-7-16/h16-18,37H,6-15H2,1-5H3/t17-,18+/m0/s1. The quantitative estimate of drug-likeness (QED) is 0.481. The van der Waals surface area contributed by atoms with E-state index in [2.05, 4.69) is 10.1 Å². The first kappa shape index (κ1) is 31.4. The maximum Gasteiger partial charge on any atom is 0.410 e. The van der Waals surface area contributed by atoms with Crippen LogP contribution in [0.5, 0.6) is 0 Å². The summed E-state index contributed by atoms with van der Waals surface area (Å²) in [4.78, 5) is 33.2. The first-order valence-electron chi connectivity index (χ1n) is 14.0. The number of aromatic nitrogens is 2. The van der Waals surface area contributed by atoms with Gasteiger partial charge in [-0.1, -0.05) is 19.0 Å². The van der Waals surface area contributed by atoms with E-state index in [0.717, 1.165) is 0 Å². The average molecular weight is 595 g/mol. The third-order valence-electron chi connectivity index (χ3n) is 8.62. The first-order chi connectivity index (χ1) is 18.7. The molecule has 2 aliphatic heterocycles. The molecule has 3 aliphatic rings. The number of aliphatic hydroxyl groups excluding tert-OH is 1. The minimum atomic E-state index is -4.77. The highest BCUT2D eigenvalue weighted by molar-refractivity contribution is 5.86. The van der Waals surface area contributed by atoms with E-state index in [0.29, 0.717) is 0 Å². The highest BCUT2D eigenvalue weighted by Gasteiger charge is 2.61. The third kappa shape index (κ3) is 6.46. The Bertz CT molecular complexity index is 1110. The van der Waals surface area contributed by atoms with E-state index in [1.54, 1.807) is 34.6 Å². The Kier molecular flexibility index (Phi) is 8.16. The Morgan fingerprint density at radius 2 is 1.63 bits per heavy atom. The molecule has 1 aliphatic carbocycles. The minimum Gasteiger partial charge on any atom is -0.444 e. The fourth-order valence-electron chi connectivity index (χ4n) is 5.89. The lowest BCUT2D eigenvalue weighted by Gasteiger charge is -2.48. The molecular weight excluding hydrogens is 555 g/mol. The van der Waals surface area contributed by atoms with Gasteiger partial charge in [0.05, 0.1) is 6.10 Å². The summed E-state index contributed by atoms with van der Waals surface area (Å²) >= 11 is 0. The number of alkyl halides is 5. The van der Waals surface area contributed by atoms with Crippen LogP contribution in [0.4, 0.5) is 26.7 Å². The van der Waals surface area contributed by atoms with Crippen molar-refractivity contribution in [2.75, 3.05) is 19.6 Å². The molecule has 1 aromatic rings. The van der Waals surface area contributed by atoms with Crippen LogP contribution in [0.2, 0.25) is 0 Å². The molecule has 4 rings (SSSR count). The lowest BCUT2D eigenvalue weighted by Crippen LogP contribution is -2.63. The van der Waals surface area contributed by atoms with Crippen molar-refractivity contribution in [1.29, 1.82) is 0 Å². The molecule has 3 fully saturated rings. The SMILES string of the molecule is CC(C)(C)OC(=O)N1CC(C)(C)[C@H](O)C[C@H]1C(=O)N1CCC(c2noc(C3CCC(F)(F)CC3)n2)(C(F)(F)F)CC1. The number of carbonyl (C=O) groups is 2. The Balaban J connectivity index is 1.51. The normalized spacial score (nSPS) is 27.0. The van der Waals surface area contributed by atoms with Crippen LogP contribution in [-0.2, 0) is 14.9 Å². The van der Waals surface area contributed by atoms with Gasteiger partial charge in [0.15, 0.2) is 5.82 Å². The Morgan fingerprint density at radius 1 is 1.05 bits per heavy atom. The molecule has 3 heterocycles. The summed E-state index contributed by atoms with van der Waals surface area (Å²) in [5.41, 5.74) is -4.06. The van der Waals surface area contributed by atoms with Crippen molar-refractivity contribution >= 4 is 12.0 Å². The Morgan fingerprint density at radius 3 is 2.17 bits per heavy atom. The summed E-state index contributed by atoms with van der Waals surface area (Å²) in [5, 5.41) is 14.3. The van der Waals surface area contributed by atoms with Gasteiger partial charge in [-0.25, -0.2) is 13.6 Å². The summed E-state index contributed by atoms with van der Waals surface area (Å²) in [6.07, 6.45) is -8.33. The molecule has 1 N–H and O–H groups in total. The van der Waals surface area contributed by atoms with E-state index < -0.39 is 90.1 Å². The van der Waals surface area contributed by atoms with Gasteiger partial charge < -0.3 is 19.3 Å². The van der Waals surface area contributed by atoms with Gasteiger partial charge in [0.25, 0.3) is 0 Å². The van der Waals surface area contributed by atoms with E-state index >= 15 is 0 Å². The van der Waals surface area contributed by atoms with E-state index in [-0.39, 0.29) is 44.8 Å². The van der Waals surface area contributed by atoms with Gasteiger partial charge in [-0.15, -0.1) is 0 Å². The molecule has 0 aromatic carbocycles. The van der Waals surface area contributed by atoms with Crippen LogP contribution >= 0.6 is 0 Å². The summed E-state index contributed by atoms with van der Waals surface area (Å²) in [7, 11) is 0. The minimum absolute atomic E-state index is 0.0263. The number of rotatable bonds is 3. The number of ether oxygens (including phenoxy) is 1. The van der Waals surface area contributed by atoms with Crippen molar-refractivity contribution in [3.8, 4) is 0 Å². The van der Waals surface area contributed by atoms with Crippen LogP contribution in [0.1, 0.15) is 97.2 Å². The number of hydrogen-bond donors (Lipinski definition) is 1. The predicted octanol–water partition coefficient (Wildman–Crippen LogP) is 5.18. The zero-order valence-electron chi connectivity index (χ0n) is 24.1. The summed E-state index contributed by atoms with van der Waals surface area (Å²) < 4.78 is 81.4. The molecular formula is C27H39F5N4O5. The number of likely N-dealkylation sites (tertiary alicyclic amines) is 2. The van der Waals surface area contributed by atoms with E-state index in [9.17, 15) is 36.6 Å². The number of carbonyl (C=O) groups excluding carboxylic acids is 2. The summed E-state index contributed by atoms with van der Waals surface area (Å²) in [6.45, 7) is 7.99. The molecule has 9 nitrogen and oxygen atoms in total. The number of hydrogen-bond acceptors (Lipinski definition) is 7. The second kappa shape index (κ2) is 10.6. The third-order valence-corrected chi connectivity index (χ3v) is 8.62. The first-order valence-corrected chi connectivity index (χ1v) is 14.0. The molecule has 1 saturated carbocycles. The van der Waals surface area contributed by atoms with Gasteiger partial charge in [0.2, 0.25) is 17.7 Å². The molecule has 2 saturated heterocycles. The van der Waals surface area contributed by atoms with Crippen molar-refractivity contribution in [2.24, 2.45) is 5.41 Å². The molecule has 0 unspecified atom stereocenters. The topological polar surface area (TPSA) is 109 Å². The lowest BCUT2D eigenvalue weighted by molar-refractivity contribution is -0.207. The number of amides is 2. The van der Waals surface area contributed by atoms with Crippen LogP contribution in [0, 0.1) is 5.41 Å². The largest absolute Gasteiger partial charge is 0.444 e. The number of piperidine rings is 2. The monoisotopic (exact) mass is 594 g/mol. The number of aliphatic hydroxyl groups is 1. The Labute approximate surface area is 235 Å². The van der Waals surface area contributed by atoms with Crippen molar-refractivity contribution in [3.05, 3.63) is 11.7 Å². The van der Waals surface area contributed by atoms with Crippen LogP contribution in [0.15, 0.2) is 4.52 Å². The van der Waals surface area contributed by atoms with Crippen molar-refractivity contribution in [1.82, 2.24) is 19.9 Å². The average Bonchev–Trinajstić information content (AvgIpc) is 3.34. The molecule has 2 amide bonds. The van der Waals surface area contributed by atoms with E-state index in [1.807, 2.05) is 0 Å². The molecule has 14 heteroatoms. The van der Waals surface area contributed by atoms with Crippen LogP contribution in [0.25, 0.3) is 0 Å².